The standard InChI is InChI=1S/C19H16F2N2O3S/c1-12-17(13-7-9-15(10-8-13)26-18(20)21)23-19(27-12)22-16(24)11-25-14-5-3-2-4-6-14/h2-10,18H,11H2,1H3,(H,22,23,24). The normalized spacial score (nSPS) is 10.7. The maximum atomic E-state index is 12.2. The number of carbonyl (C=O) groups excluding carboxylic acids is 1. The summed E-state index contributed by atoms with van der Waals surface area (Å²) in [4.78, 5) is 17.3. The number of para-hydroxylation sites is 1. The molecular formula is C19H16F2N2O3S. The van der Waals surface area contributed by atoms with Crippen molar-refractivity contribution in [3.63, 3.8) is 0 Å². The van der Waals surface area contributed by atoms with Crippen LogP contribution in [0.5, 0.6) is 11.5 Å². The van der Waals surface area contributed by atoms with Crippen molar-refractivity contribution in [3.05, 3.63) is 59.5 Å². The third-order valence-corrected chi connectivity index (χ3v) is 4.40. The summed E-state index contributed by atoms with van der Waals surface area (Å²) in [5, 5.41) is 3.14. The first kappa shape index (κ1) is 18.8. The maximum Gasteiger partial charge on any atom is 0.387 e. The topological polar surface area (TPSA) is 60.5 Å². The lowest BCUT2D eigenvalue weighted by molar-refractivity contribution is -0.118. The molecule has 3 rings (SSSR count). The Morgan fingerprint density at radius 3 is 2.48 bits per heavy atom. The highest BCUT2D eigenvalue weighted by Gasteiger charge is 2.13. The molecule has 1 amide bonds. The first-order valence-corrected chi connectivity index (χ1v) is 8.83. The Kier molecular flexibility index (Phi) is 5.97. The van der Waals surface area contributed by atoms with Gasteiger partial charge in [-0.25, -0.2) is 4.98 Å². The largest absolute Gasteiger partial charge is 0.484 e. The fourth-order valence-electron chi connectivity index (χ4n) is 2.33. The fraction of sp³-hybridized carbons (Fsp3) is 0.158. The number of nitrogens with zero attached hydrogens (tertiary/aromatic N) is 1. The van der Waals surface area contributed by atoms with Gasteiger partial charge in [-0.3, -0.25) is 10.1 Å². The van der Waals surface area contributed by atoms with E-state index in [1.54, 1.807) is 24.3 Å². The Labute approximate surface area is 158 Å². The van der Waals surface area contributed by atoms with Crippen molar-refractivity contribution >= 4 is 22.4 Å². The molecule has 1 heterocycles. The van der Waals surface area contributed by atoms with E-state index in [1.165, 1.54) is 23.5 Å². The monoisotopic (exact) mass is 390 g/mol. The van der Waals surface area contributed by atoms with Gasteiger partial charge in [-0.2, -0.15) is 8.78 Å². The minimum absolute atomic E-state index is 0.0771. The van der Waals surface area contributed by atoms with E-state index < -0.39 is 6.61 Å². The summed E-state index contributed by atoms with van der Waals surface area (Å²) >= 11 is 1.32. The predicted molar refractivity (Wildman–Crippen MR) is 99.5 cm³/mol. The summed E-state index contributed by atoms with van der Waals surface area (Å²) in [6.45, 7) is -1.12. The van der Waals surface area contributed by atoms with Gasteiger partial charge in [0.25, 0.3) is 5.91 Å². The van der Waals surface area contributed by atoms with E-state index in [1.807, 2.05) is 25.1 Å². The number of benzene rings is 2. The molecule has 1 N–H and O–H groups in total. The molecule has 0 unspecified atom stereocenters. The van der Waals surface area contributed by atoms with Crippen molar-refractivity contribution in [3.8, 4) is 22.8 Å². The molecule has 0 aliphatic heterocycles. The Hall–Kier alpha value is -3.00. The average molecular weight is 390 g/mol. The second-order valence-corrected chi connectivity index (χ2v) is 6.68. The number of carbonyl (C=O) groups is 1. The number of nitrogens with one attached hydrogen (secondary N) is 1. The van der Waals surface area contributed by atoms with Gasteiger partial charge >= 0.3 is 6.61 Å². The molecule has 0 fully saturated rings. The zero-order valence-corrected chi connectivity index (χ0v) is 15.1. The van der Waals surface area contributed by atoms with Crippen LogP contribution in [0.2, 0.25) is 0 Å². The first-order chi connectivity index (χ1) is 13.0. The SMILES string of the molecule is Cc1sc(NC(=O)COc2ccccc2)nc1-c1ccc(OC(F)F)cc1. The van der Waals surface area contributed by atoms with Gasteiger partial charge in [0.2, 0.25) is 0 Å². The Bertz CT molecular complexity index is 899. The van der Waals surface area contributed by atoms with Crippen molar-refractivity contribution in [1.29, 1.82) is 0 Å². The number of thiazole rings is 1. The number of aryl methyl sites for hydroxylation is 1. The molecule has 27 heavy (non-hydrogen) atoms. The number of amides is 1. The fourth-order valence-corrected chi connectivity index (χ4v) is 3.18. The number of aromatic nitrogens is 1. The number of halogens is 2. The molecule has 0 saturated carbocycles. The van der Waals surface area contributed by atoms with E-state index in [9.17, 15) is 13.6 Å². The van der Waals surface area contributed by atoms with E-state index >= 15 is 0 Å². The zero-order valence-electron chi connectivity index (χ0n) is 14.3. The van der Waals surface area contributed by atoms with Gasteiger partial charge in [-0.15, -0.1) is 11.3 Å². The number of alkyl halides is 2. The minimum Gasteiger partial charge on any atom is -0.484 e. The summed E-state index contributed by atoms with van der Waals surface area (Å²) in [5.41, 5.74) is 1.41. The van der Waals surface area contributed by atoms with Crippen LogP contribution in [-0.4, -0.2) is 24.1 Å². The van der Waals surface area contributed by atoms with Crippen molar-refractivity contribution in [2.75, 3.05) is 11.9 Å². The van der Waals surface area contributed by atoms with Crippen LogP contribution in [0.1, 0.15) is 4.88 Å². The lowest BCUT2D eigenvalue weighted by atomic mass is 10.1. The van der Waals surface area contributed by atoms with E-state index in [2.05, 4.69) is 15.0 Å². The van der Waals surface area contributed by atoms with Crippen molar-refractivity contribution in [1.82, 2.24) is 4.98 Å². The number of hydrogen-bond acceptors (Lipinski definition) is 5. The van der Waals surface area contributed by atoms with Crippen LogP contribution in [0.15, 0.2) is 54.6 Å². The summed E-state index contributed by atoms with van der Waals surface area (Å²) < 4.78 is 34.2. The average Bonchev–Trinajstić information content (AvgIpc) is 3.01. The Balaban J connectivity index is 1.62. The molecule has 1 aromatic heterocycles. The third kappa shape index (κ3) is 5.24. The Morgan fingerprint density at radius 1 is 1.11 bits per heavy atom. The smallest absolute Gasteiger partial charge is 0.387 e. The molecule has 0 radical (unpaired) electrons. The van der Waals surface area contributed by atoms with Crippen molar-refractivity contribution in [2.24, 2.45) is 0 Å². The van der Waals surface area contributed by atoms with Crippen LogP contribution in [0.4, 0.5) is 13.9 Å². The molecule has 0 aliphatic carbocycles. The molecule has 0 aliphatic rings. The van der Waals surface area contributed by atoms with Crippen LogP contribution < -0.4 is 14.8 Å². The number of ether oxygens (including phenoxy) is 2. The van der Waals surface area contributed by atoms with Crippen LogP contribution in [0.25, 0.3) is 11.3 Å². The lowest BCUT2D eigenvalue weighted by Gasteiger charge is -2.05. The van der Waals surface area contributed by atoms with E-state index in [-0.39, 0.29) is 18.3 Å². The van der Waals surface area contributed by atoms with Crippen molar-refractivity contribution < 1.29 is 23.0 Å². The summed E-state index contributed by atoms with van der Waals surface area (Å²) in [6, 6.07) is 15.2. The summed E-state index contributed by atoms with van der Waals surface area (Å²) in [6.07, 6.45) is 0. The molecular weight excluding hydrogens is 374 g/mol. The molecule has 2 aromatic carbocycles. The van der Waals surface area contributed by atoms with Gasteiger partial charge < -0.3 is 9.47 Å². The zero-order chi connectivity index (χ0) is 19.2. The van der Waals surface area contributed by atoms with Gasteiger partial charge in [-0.05, 0) is 43.3 Å². The minimum atomic E-state index is -2.86. The van der Waals surface area contributed by atoms with Gasteiger partial charge in [-0.1, -0.05) is 18.2 Å². The second-order valence-electron chi connectivity index (χ2n) is 5.48. The van der Waals surface area contributed by atoms with Crippen molar-refractivity contribution in [2.45, 2.75) is 13.5 Å². The van der Waals surface area contributed by atoms with E-state index in [0.29, 0.717) is 16.6 Å². The quantitative estimate of drug-likeness (QED) is 0.633. The van der Waals surface area contributed by atoms with E-state index in [4.69, 9.17) is 4.74 Å². The number of anilines is 1. The molecule has 0 saturated heterocycles. The molecule has 5 nitrogen and oxygen atoms in total. The molecule has 0 spiro atoms. The molecule has 0 bridgehead atoms. The van der Waals surface area contributed by atoms with Crippen LogP contribution >= 0.6 is 11.3 Å². The highest BCUT2D eigenvalue weighted by molar-refractivity contribution is 7.16. The number of rotatable bonds is 7. The van der Waals surface area contributed by atoms with Gasteiger partial charge in [0, 0.05) is 10.4 Å². The molecule has 8 heteroatoms. The third-order valence-electron chi connectivity index (χ3n) is 3.51. The molecule has 140 valence electrons. The van der Waals surface area contributed by atoms with Crippen LogP contribution in [-0.2, 0) is 4.79 Å². The highest BCUT2D eigenvalue weighted by atomic mass is 32.1. The predicted octanol–water partition coefficient (Wildman–Crippen LogP) is 4.74. The summed E-state index contributed by atoms with van der Waals surface area (Å²) in [7, 11) is 0. The van der Waals surface area contributed by atoms with Gasteiger partial charge in [0.05, 0.1) is 5.69 Å². The maximum absolute atomic E-state index is 12.2. The van der Waals surface area contributed by atoms with Crippen LogP contribution in [0.3, 0.4) is 0 Å². The lowest BCUT2D eigenvalue weighted by Crippen LogP contribution is -2.20. The first-order valence-electron chi connectivity index (χ1n) is 8.01. The van der Waals surface area contributed by atoms with Crippen LogP contribution in [0, 0.1) is 6.92 Å². The van der Waals surface area contributed by atoms with E-state index in [0.717, 1.165) is 10.4 Å². The number of hydrogen-bond donors (Lipinski definition) is 1. The highest BCUT2D eigenvalue weighted by Crippen LogP contribution is 2.31. The second kappa shape index (κ2) is 8.59. The molecule has 0 atom stereocenters. The van der Waals surface area contributed by atoms with Gasteiger partial charge in [0.15, 0.2) is 11.7 Å². The Morgan fingerprint density at radius 2 is 1.81 bits per heavy atom. The molecule has 3 aromatic rings. The summed E-state index contributed by atoms with van der Waals surface area (Å²) in [5.74, 6) is 0.364. The van der Waals surface area contributed by atoms with Gasteiger partial charge in [0.1, 0.15) is 11.5 Å².